The number of aryl methyl sites for hydroxylation is 1. The third-order valence-corrected chi connectivity index (χ3v) is 3.70. The maximum Gasteiger partial charge on any atom is 0.238 e. The van der Waals surface area contributed by atoms with Crippen molar-refractivity contribution in [1.82, 2.24) is 19.2 Å². The molecule has 5 nitrogen and oxygen atoms in total. The van der Waals surface area contributed by atoms with Crippen molar-refractivity contribution in [2.75, 3.05) is 0 Å². The zero-order valence-corrected chi connectivity index (χ0v) is 12.3. The van der Waals surface area contributed by atoms with E-state index in [-0.39, 0.29) is 5.78 Å². The van der Waals surface area contributed by atoms with Gasteiger partial charge in [-0.2, -0.15) is 4.68 Å². The van der Waals surface area contributed by atoms with Gasteiger partial charge in [-0.15, -0.1) is 5.10 Å². The van der Waals surface area contributed by atoms with Gasteiger partial charge in [-0.25, -0.2) is 4.98 Å². The second-order valence-corrected chi connectivity index (χ2v) is 5.37. The molecule has 0 aliphatic carbocycles. The van der Waals surface area contributed by atoms with Crippen molar-refractivity contribution >= 4 is 22.6 Å². The number of Topliss-reactive ketones (excluding diaryl/α,β-unsaturated/α-hetero) is 1. The summed E-state index contributed by atoms with van der Waals surface area (Å²) in [5, 5.41) is 4.48. The molecule has 22 heavy (non-hydrogen) atoms. The summed E-state index contributed by atoms with van der Waals surface area (Å²) in [6.07, 6.45) is 0. The molecule has 0 aliphatic heterocycles. The van der Waals surface area contributed by atoms with E-state index in [2.05, 4.69) is 10.1 Å². The topological polar surface area (TPSA) is 52.2 Å². The molecule has 0 spiro atoms. The molecule has 4 aromatic rings. The number of hydrogen-bond donors (Lipinski definition) is 0. The van der Waals surface area contributed by atoms with Crippen LogP contribution in [-0.4, -0.2) is 24.9 Å². The van der Waals surface area contributed by atoms with Crippen LogP contribution in [0.1, 0.15) is 23.1 Å². The Hall–Kier alpha value is -2.95. The highest BCUT2D eigenvalue weighted by Crippen LogP contribution is 2.21. The molecule has 0 aliphatic rings. The van der Waals surface area contributed by atoms with Crippen molar-refractivity contribution in [3.05, 3.63) is 59.9 Å². The van der Waals surface area contributed by atoms with Crippen LogP contribution in [0.15, 0.2) is 48.5 Å². The molecule has 2 aromatic heterocycles. The van der Waals surface area contributed by atoms with Gasteiger partial charge in [0.05, 0.1) is 16.7 Å². The molecule has 0 saturated carbocycles. The summed E-state index contributed by atoms with van der Waals surface area (Å²) in [6.45, 7) is 3.55. The second kappa shape index (κ2) is 4.53. The van der Waals surface area contributed by atoms with Crippen LogP contribution in [0.2, 0.25) is 0 Å². The average molecular weight is 290 g/mol. The Morgan fingerprint density at radius 2 is 1.91 bits per heavy atom. The van der Waals surface area contributed by atoms with Gasteiger partial charge < -0.3 is 0 Å². The normalized spacial score (nSPS) is 11.4. The Morgan fingerprint density at radius 3 is 2.68 bits per heavy atom. The SMILES string of the molecule is CC(=O)c1nn(-c2cccc(C)c2)c2nc3ccccc3n12. The van der Waals surface area contributed by atoms with E-state index in [1.807, 2.05) is 59.9 Å². The lowest BCUT2D eigenvalue weighted by atomic mass is 10.2. The van der Waals surface area contributed by atoms with Gasteiger partial charge in [0.2, 0.25) is 11.6 Å². The first-order valence-corrected chi connectivity index (χ1v) is 7.09. The minimum Gasteiger partial charge on any atom is -0.291 e. The smallest absolute Gasteiger partial charge is 0.238 e. The summed E-state index contributed by atoms with van der Waals surface area (Å²) in [7, 11) is 0. The monoisotopic (exact) mass is 290 g/mol. The summed E-state index contributed by atoms with van der Waals surface area (Å²) in [5.74, 6) is 0.960. The van der Waals surface area contributed by atoms with Crippen LogP contribution in [0, 0.1) is 6.92 Å². The molecule has 0 amide bonds. The van der Waals surface area contributed by atoms with Crippen LogP contribution < -0.4 is 0 Å². The molecule has 0 unspecified atom stereocenters. The number of para-hydroxylation sites is 2. The lowest BCUT2D eigenvalue weighted by Crippen LogP contribution is -2.01. The number of rotatable bonds is 2. The van der Waals surface area contributed by atoms with Crippen LogP contribution in [0.3, 0.4) is 0 Å². The van der Waals surface area contributed by atoms with Gasteiger partial charge in [0, 0.05) is 6.92 Å². The minimum atomic E-state index is -0.0837. The van der Waals surface area contributed by atoms with Crippen molar-refractivity contribution in [3.8, 4) is 5.69 Å². The number of aromatic nitrogens is 4. The number of fused-ring (bicyclic) bond motifs is 3. The molecule has 5 heteroatoms. The predicted octanol–water partition coefficient (Wildman–Crippen LogP) is 3.18. The molecule has 108 valence electrons. The Labute approximate surface area is 126 Å². The van der Waals surface area contributed by atoms with E-state index in [0.29, 0.717) is 11.6 Å². The average Bonchev–Trinajstić information content (AvgIpc) is 3.04. The van der Waals surface area contributed by atoms with E-state index in [1.165, 1.54) is 6.92 Å². The zero-order valence-electron chi connectivity index (χ0n) is 12.3. The number of carbonyl (C=O) groups is 1. The van der Waals surface area contributed by atoms with Gasteiger partial charge >= 0.3 is 0 Å². The van der Waals surface area contributed by atoms with Crippen molar-refractivity contribution in [3.63, 3.8) is 0 Å². The van der Waals surface area contributed by atoms with Gasteiger partial charge in [-0.3, -0.25) is 9.20 Å². The number of benzene rings is 2. The maximum atomic E-state index is 12.0. The Morgan fingerprint density at radius 1 is 1.09 bits per heavy atom. The standard InChI is InChI=1S/C17H14N4O/c1-11-6-5-7-13(10-11)21-17-18-14-8-3-4-9-15(14)20(17)16(19-21)12(2)22/h3-10H,1-2H3. The summed E-state index contributed by atoms with van der Waals surface area (Å²) in [5.41, 5.74) is 3.77. The van der Waals surface area contributed by atoms with Crippen molar-refractivity contribution in [2.45, 2.75) is 13.8 Å². The molecule has 2 heterocycles. The minimum absolute atomic E-state index is 0.0837. The first-order valence-electron chi connectivity index (χ1n) is 7.09. The molecule has 0 N–H and O–H groups in total. The number of imidazole rings is 1. The third-order valence-electron chi connectivity index (χ3n) is 3.70. The van der Waals surface area contributed by atoms with Gasteiger partial charge in [-0.1, -0.05) is 24.3 Å². The first-order chi connectivity index (χ1) is 10.6. The van der Waals surface area contributed by atoms with Gasteiger partial charge in [0.25, 0.3) is 0 Å². The Bertz CT molecular complexity index is 1030. The number of ketones is 1. The van der Waals surface area contributed by atoms with Crippen LogP contribution in [0.4, 0.5) is 0 Å². The molecule has 2 aromatic carbocycles. The van der Waals surface area contributed by atoms with E-state index in [0.717, 1.165) is 22.3 Å². The Balaban J connectivity index is 2.14. The third kappa shape index (κ3) is 1.75. The number of carbonyl (C=O) groups excluding carboxylic acids is 1. The zero-order chi connectivity index (χ0) is 15.3. The highest BCUT2D eigenvalue weighted by atomic mass is 16.1. The van der Waals surface area contributed by atoms with Gasteiger partial charge in [0.15, 0.2) is 5.78 Å². The van der Waals surface area contributed by atoms with E-state index >= 15 is 0 Å². The van der Waals surface area contributed by atoms with Gasteiger partial charge in [-0.05, 0) is 36.8 Å². The van der Waals surface area contributed by atoms with Gasteiger partial charge in [0.1, 0.15) is 0 Å². The summed E-state index contributed by atoms with van der Waals surface area (Å²) in [6, 6.07) is 15.7. The summed E-state index contributed by atoms with van der Waals surface area (Å²) in [4.78, 5) is 16.6. The molecular weight excluding hydrogens is 276 g/mol. The quantitative estimate of drug-likeness (QED) is 0.533. The molecule has 0 atom stereocenters. The molecule has 0 radical (unpaired) electrons. The summed E-state index contributed by atoms with van der Waals surface area (Å²) < 4.78 is 3.55. The lowest BCUT2D eigenvalue weighted by Gasteiger charge is -2.01. The van der Waals surface area contributed by atoms with Crippen LogP contribution in [-0.2, 0) is 0 Å². The largest absolute Gasteiger partial charge is 0.291 e. The fourth-order valence-corrected chi connectivity index (χ4v) is 2.71. The molecule has 0 saturated heterocycles. The maximum absolute atomic E-state index is 12.0. The second-order valence-electron chi connectivity index (χ2n) is 5.37. The highest BCUT2D eigenvalue weighted by Gasteiger charge is 2.19. The highest BCUT2D eigenvalue weighted by molar-refractivity contribution is 5.94. The fourth-order valence-electron chi connectivity index (χ4n) is 2.71. The van der Waals surface area contributed by atoms with Crippen LogP contribution in [0.5, 0.6) is 0 Å². The fraction of sp³-hybridized carbons (Fsp3) is 0.118. The van der Waals surface area contributed by atoms with E-state index in [4.69, 9.17) is 0 Å². The molecule has 4 rings (SSSR count). The van der Waals surface area contributed by atoms with Crippen molar-refractivity contribution in [1.29, 1.82) is 0 Å². The van der Waals surface area contributed by atoms with E-state index < -0.39 is 0 Å². The predicted molar refractivity (Wildman–Crippen MR) is 84.6 cm³/mol. The van der Waals surface area contributed by atoms with Crippen LogP contribution in [0.25, 0.3) is 22.5 Å². The van der Waals surface area contributed by atoms with Crippen LogP contribution >= 0.6 is 0 Å². The van der Waals surface area contributed by atoms with Crippen molar-refractivity contribution in [2.24, 2.45) is 0 Å². The molecular formula is C17H14N4O. The molecule has 0 fully saturated rings. The van der Waals surface area contributed by atoms with E-state index in [1.54, 1.807) is 4.68 Å². The summed E-state index contributed by atoms with van der Waals surface area (Å²) >= 11 is 0. The number of hydrogen-bond acceptors (Lipinski definition) is 3. The lowest BCUT2D eigenvalue weighted by molar-refractivity contribution is 0.100. The molecule has 0 bridgehead atoms. The number of nitrogens with zero attached hydrogens (tertiary/aromatic N) is 4. The van der Waals surface area contributed by atoms with E-state index in [9.17, 15) is 4.79 Å². The first kappa shape index (κ1) is 12.8. The van der Waals surface area contributed by atoms with Crippen molar-refractivity contribution < 1.29 is 4.79 Å². The Kier molecular flexibility index (Phi) is 2.63.